The first kappa shape index (κ1) is 19.4. The van der Waals surface area contributed by atoms with E-state index in [2.05, 4.69) is 5.32 Å². The van der Waals surface area contributed by atoms with E-state index < -0.39 is 0 Å². The van der Waals surface area contributed by atoms with Gasteiger partial charge >= 0.3 is 0 Å². The van der Waals surface area contributed by atoms with Crippen molar-refractivity contribution in [3.8, 4) is 16.9 Å². The summed E-state index contributed by atoms with van der Waals surface area (Å²) in [5.74, 6) is 0.0312. The smallest absolute Gasteiger partial charge is 0.242 e. The molecule has 1 fully saturated rings. The van der Waals surface area contributed by atoms with Gasteiger partial charge in [0.2, 0.25) is 5.91 Å². The predicted molar refractivity (Wildman–Crippen MR) is 113 cm³/mol. The first-order valence-corrected chi connectivity index (χ1v) is 9.93. The lowest BCUT2D eigenvalue weighted by molar-refractivity contribution is -0.138. The number of morpholine rings is 1. The van der Waals surface area contributed by atoms with Crippen LogP contribution in [-0.4, -0.2) is 52.9 Å². The molecule has 6 nitrogen and oxygen atoms in total. The maximum atomic E-state index is 13.0. The van der Waals surface area contributed by atoms with Gasteiger partial charge in [-0.3, -0.25) is 4.79 Å². The molecular weight excluding hydrogens is 364 g/mol. The molecule has 1 aromatic heterocycles. The van der Waals surface area contributed by atoms with Crippen LogP contribution in [0.1, 0.15) is 12.5 Å². The van der Waals surface area contributed by atoms with Crippen LogP contribution in [0, 0.1) is 0 Å². The third-order valence-corrected chi connectivity index (χ3v) is 5.22. The molecular formula is C23H26N4O2. The van der Waals surface area contributed by atoms with Crippen LogP contribution in [0.5, 0.6) is 0 Å². The van der Waals surface area contributed by atoms with Gasteiger partial charge in [-0.15, -0.1) is 0 Å². The summed E-state index contributed by atoms with van der Waals surface area (Å²) in [6, 6.07) is 19.8. The van der Waals surface area contributed by atoms with Gasteiger partial charge in [0.15, 0.2) is 0 Å². The fourth-order valence-electron chi connectivity index (χ4n) is 3.66. The summed E-state index contributed by atoms with van der Waals surface area (Å²) in [5, 5.41) is 8.10. The second-order valence-electron chi connectivity index (χ2n) is 7.35. The second-order valence-corrected chi connectivity index (χ2v) is 7.35. The van der Waals surface area contributed by atoms with Crippen LogP contribution in [0.25, 0.3) is 16.9 Å². The largest absolute Gasteiger partial charge is 0.375 e. The molecule has 0 unspecified atom stereocenters. The highest BCUT2D eigenvalue weighted by atomic mass is 16.5. The molecule has 2 atom stereocenters. The molecule has 1 aliphatic heterocycles. The Bertz CT molecular complexity index is 956. The number of ether oxygens (including phenoxy) is 1. The van der Waals surface area contributed by atoms with Gasteiger partial charge in [0, 0.05) is 37.5 Å². The second kappa shape index (κ2) is 8.59. The molecule has 0 aliphatic carbocycles. The minimum atomic E-state index is -0.321. The molecule has 4 rings (SSSR count). The molecule has 1 N–H and O–H groups in total. The zero-order chi connectivity index (χ0) is 20.2. The Morgan fingerprint density at radius 3 is 2.55 bits per heavy atom. The molecule has 2 heterocycles. The van der Waals surface area contributed by atoms with Gasteiger partial charge in [-0.2, -0.15) is 5.10 Å². The molecule has 0 spiro atoms. The topological polar surface area (TPSA) is 59.4 Å². The van der Waals surface area contributed by atoms with E-state index in [9.17, 15) is 4.79 Å². The normalized spacial score (nSPS) is 19.1. The maximum absolute atomic E-state index is 13.0. The van der Waals surface area contributed by atoms with Crippen LogP contribution in [0.2, 0.25) is 0 Å². The number of hydrogen-bond donors (Lipinski definition) is 1. The standard InChI is InChI=1S/C23H26N4O2/c1-17-21(24-13-14-29-17)23(28)26(2)15-19-16-27(20-11-7-4-8-12-20)25-22(19)18-9-5-3-6-10-18/h3-12,16-17,21,24H,13-15H2,1-2H3/t17-,21+/m1/s1. The monoisotopic (exact) mass is 390 g/mol. The van der Waals surface area contributed by atoms with Gasteiger partial charge in [0.1, 0.15) is 6.04 Å². The average Bonchev–Trinajstić information content (AvgIpc) is 3.18. The highest BCUT2D eigenvalue weighted by Crippen LogP contribution is 2.25. The summed E-state index contributed by atoms with van der Waals surface area (Å²) in [6.45, 7) is 3.73. The van der Waals surface area contributed by atoms with Crippen molar-refractivity contribution in [2.45, 2.75) is 25.6 Å². The molecule has 1 saturated heterocycles. The Hall–Kier alpha value is -2.96. The Morgan fingerprint density at radius 1 is 1.17 bits per heavy atom. The SMILES string of the molecule is C[C@H]1OCCN[C@@H]1C(=O)N(C)Cc1cn(-c2ccccc2)nc1-c1ccccc1. The predicted octanol–water partition coefficient (Wildman–Crippen LogP) is 2.87. The first-order chi connectivity index (χ1) is 14.1. The maximum Gasteiger partial charge on any atom is 0.242 e. The van der Waals surface area contributed by atoms with Crippen LogP contribution in [0.15, 0.2) is 66.9 Å². The van der Waals surface area contributed by atoms with Crippen molar-refractivity contribution in [1.82, 2.24) is 20.0 Å². The van der Waals surface area contributed by atoms with Crippen molar-refractivity contribution in [2.24, 2.45) is 0 Å². The number of aromatic nitrogens is 2. The van der Waals surface area contributed by atoms with Crippen molar-refractivity contribution in [3.63, 3.8) is 0 Å². The Kier molecular flexibility index (Phi) is 5.74. The summed E-state index contributed by atoms with van der Waals surface area (Å²) >= 11 is 0. The van der Waals surface area contributed by atoms with Gasteiger partial charge in [-0.1, -0.05) is 48.5 Å². The number of rotatable bonds is 5. The fraction of sp³-hybridized carbons (Fsp3) is 0.304. The third kappa shape index (κ3) is 4.23. The third-order valence-electron chi connectivity index (χ3n) is 5.22. The van der Waals surface area contributed by atoms with Crippen LogP contribution >= 0.6 is 0 Å². The molecule has 0 radical (unpaired) electrons. The molecule has 1 amide bonds. The average molecular weight is 390 g/mol. The Balaban J connectivity index is 1.63. The van der Waals surface area contributed by atoms with Gasteiger partial charge in [0.25, 0.3) is 0 Å². The van der Waals surface area contributed by atoms with Crippen LogP contribution in [-0.2, 0) is 16.1 Å². The van der Waals surface area contributed by atoms with E-state index in [0.29, 0.717) is 19.7 Å². The summed E-state index contributed by atoms with van der Waals surface area (Å²) in [4.78, 5) is 14.7. The number of carbonyl (C=O) groups excluding carboxylic acids is 1. The van der Waals surface area contributed by atoms with Gasteiger partial charge in [0.05, 0.1) is 24.1 Å². The molecule has 0 saturated carbocycles. The van der Waals surface area contributed by atoms with Gasteiger partial charge in [-0.05, 0) is 19.1 Å². The molecule has 29 heavy (non-hydrogen) atoms. The quantitative estimate of drug-likeness (QED) is 0.728. The Morgan fingerprint density at radius 2 is 1.86 bits per heavy atom. The highest BCUT2D eigenvalue weighted by Gasteiger charge is 2.31. The molecule has 2 aromatic carbocycles. The number of carbonyl (C=O) groups is 1. The number of para-hydroxylation sites is 1. The number of likely N-dealkylation sites (N-methyl/N-ethyl adjacent to an activating group) is 1. The molecule has 6 heteroatoms. The molecule has 3 aromatic rings. The molecule has 0 bridgehead atoms. The number of benzene rings is 2. The van der Waals surface area contributed by atoms with Crippen molar-refractivity contribution >= 4 is 5.91 Å². The van der Waals surface area contributed by atoms with E-state index in [1.165, 1.54) is 0 Å². The van der Waals surface area contributed by atoms with E-state index in [0.717, 1.165) is 22.5 Å². The first-order valence-electron chi connectivity index (χ1n) is 9.93. The lowest BCUT2D eigenvalue weighted by atomic mass is 10.1. The molecule has 150 valence electrons. The summed E-state index contributed by atoms with van der Waals surface area (Å²) in [6.07, 6.45) is 1.87. The van der Waals surface area contributed by atoms with Crippen LogP contribution in [0.3, 0.4) is 0 Å². The molecule has 1 aliphatic rings. The van der Waals surface area contributed by atoms with E-state index in [1.54, 1.807) is 4.90 Å². The summed E-state index contributed by atoms with van der Waals surface area (Å²) < 4.78 is 7.52. The van der Waals surface area contributed by atoms with Gasteiger partial charge < -0.3 is 15.0 Å². The number of nitrogens with zero attached hydrogens (tertiary/aromatic N) is 3. The number of amides is 1. The zero-order valence-corrected chi connectivity index (χ0v) is 16.8. The van der Waals surface area contributed by atoms with Crippen LogP contribution < -0.4 is 5.32 Å². The highest BCUT2D eigenvalue weighted by molar-refractivity contribution is 5.82. The van der Waals surface area contributed by atoms with Gasteiger partial charge in [-0.25, -0.2) is 4.68 Å². The number of hydrogen-bond acceptors (Lipinski definition) is 4. The van der Waals surface area contributed by atoms with E-state index in [4.69, 9.17) is 9.84 Å². The van der Waals surface area contributed by atoms with E-state index >= 15 is 0 Å². The van der Waals surface area contributed by atoms with Crippen molar-refractivity contribution in [2.75, 3.05) is 20.2 Å². The lowest BCUT2D eigenvalue weighted by Crippen LogP contribution is -2.55. The summed E-state index contributed by atoms with van der Waals surface area (Å²) in [5.41, 5.74) is 3.90. The van der Waals surface area contributed by atoms with E-state index in [-0.39, 0.29) is 18.1 Å². The fourth-order valence-corrected chi connectivity index (χ4v) is 3.66. The van der Waals surface area contributed by atoms with Crippen LogP contribution in [0.4, 0.5) is 0 Å². The minimum Gasteiger partial charge on any atom is -0.375 e. The van der Waals surface area contributed by atoms with E-state index in [1.807, 2.05) is 85.5 Å². The minimum absolute atomic E-state index is 0.0312. The van der Waals surface area contributed by atoms with Crippen molar-refractivity contribution in [3.05, 3.63) is 72.4 Å². The Labute approximate surface area is 171 Å². The number of nitrogens with one attached hydrogen (secondary N) is 1. The zero-order valence-electron chi connectivity index (χ0n) is 16.8. The summed E-state index contributed by atoms with van der Waals surface area (Å²) in [7, 11) is 1.83. The lowest BCUT2D eigenvalue weighted by Gasteiger charge is -2.32. The van der Waals surface area contributed by atoms with Crippen molar-refractivity contribution in [1.29, 1.82) is 0 Å². The van der Waals surface area contributed by atoms with Crippen molar-refractivity contribution < 1.29 is 9.53 Å².